The van der Waals surface area contributed by atoms with Crippen molar-refractivity contribution < 1.29 is 28.8 Å². The number of amides is 5. The molecule has 1 aliphatic heterocycles. The number of carbonyl (C=O) groups is 4. The van der Waals surface area contributed by atoms with Crippen molar-refractivity contribution in [1.82, 2.24) is 5.32 Å². The minimum atomic E-state index is -1.06. The molecule has 1 heterocycles. The summed E-state index contributed by atoms with van der Waals surface area (Å²) in [6.45, 7) is 3.48. The van der Waals surface area contributed by atoms with Gasteiger partial charge in [0.05, 0.1) is 20.7 Å². The molecule has 0 bridgehead atoms. The lowest BCUT2D eigenvalue weighted by Crippen LogP contribution is -2.54. The Balaban J connectivity index is 1.53. The van der Waals surface area contributed by atoms with Gasteiger partial charge in [0.25, 0.3) is 23.4 Å². The van der Waals surface area contributed by atoms with Gasteiger partial charge in [-0.15, -0.1) is 0 Å². The second kappa shape index (κ2) is 11.6. The molecular formula is C27H20Cl2N4O7. The monoisotopic (exact) mass is 582 g/mol. The molecule has 1 saturated heterocycles. The molecule has 2 N–H and O–H groups in total. The van der Waals surface area contributed by atoms with E-state index >= 15 is 0 Å². The number of anilines is 2. The van der Waals surface area contributed by atoms with Crippen LogP contribution < -0.4 is 20.3 Å². The SMILES string of the molecule is Cc1ccc(NC(=O)COc2c(Cl)cc(/C=C3/C(=O)NC(=O)N(c4cccc([N+](=O)[O-])c4)C3=O)cc2Cl)cc1C. The van der Waals surface area contributed by atoms with Crippen LogP contribution in [0.4, 0.5) is 21.9 Å². The zero-order valence-corrected chi connectivity index (χ0v) is 22.5. The number of hydrogen-bond acceptors (Lipinski definition) is 7. The van der Waals surface area contributed by atoms with Crippen molar-refractivity contribution in [2.45, 2.75) is 13.8 Å². The summed E-state index contributed by atoms with van der Waals surface area (Å²) in [5.41, 5.74) is 2.01. The molecule has 3 aromatic rings. The molecule has 204 valence electrons. The topological polar surface area (TPSA) is 148 Å². The number of nitro groups is 1. The van der Waals surface area contributed by atoms with Gasteiger partial charge in [-0.05, 0) is 66.9 Å². The predicted octanol–water partition coefficient (Wildman–Crippen LogP) is 5.20. The first-order chi connectivity index (χ1) is 18.9. The normalized spacial score (nSPS) is 14.2. The molecule has 40 heavy (non-hydrogen) atoms. The van der Waals surface area contributed by atoms with Crippen LogP contribution in [0.2, 0.25) is 10.0 Å². The number of rotatable bonds is 7. The number of nitrogens with one attached hydrogen (secondary N) is 2. The maximum absolute atomic E-state index is 13.1. The predicted molar refractivity (Wildman–Crippen MR) is 149 cm³/mol. The number of ether oxygens (including phenoxy) is 1. The van der Waals surface area contributed by atoms with Crippen LogP contribution in [0.3, 0.4) is 0 Å². The van der Waals surface area contributed by atoms with Gasteiger partial charge in [0.1, 0.15) is 5.57 Å². The molecule has 4 rings (SSSR count). The van der Waals surface area contributed by atoms with Crippen molar-refractivity contribution in [2.24, 2.45) is 0 Å². The number of urea groups is 1. The highest BCUT2D eigenvalue weighted by Crippen LogP contribution is 2.35. The molecule has 0 radical (unpaired) electrons. The highest BCUT2D eigenvalue weighted by Gasteiger charge is 2.37. The number of barbiturate groups is 1. The summed E-state index contributed by atoms with van der Waals surface area (Å²) in [5, 5.41) is 15.8. The Morgan fingerprint density at radius 3 is 2.40 bits per heavy atom. The highest BCUT2D eigenvalue weighted by atomic mass is 35.5. The number of carbonyl (C=O) groups excluding carboxylic acids is 4. The van der Waals surface area contributed by atoms with Gasteiger partial charge in [0.15, 0.2) is 12.4 Å². The van der Waals surface area contributed by atoms with Crippen LogP contribution >= 0.6 is 23.2 Å². The summed E-state index contributed by atoms with van der Waals surface area (Å²) < 4.78 is 5.51. The Kier molecular flexibility index (Phi) is 8.17. The third-order valence-electron chi connectivity index (χ3n) is 5.87. The first-order valence-corrected chi connectivity index (χ1v) is 12.3. The number of nitro benzene ring substituents is 1. The molecule has 0 unspecified atom stereocenters. The number of nitrogens with zero attached hydrogens (tertiary/aromatic N) is 2. The van der Waals surface area contributed by atoms with E-state index in [0.717, 1.165) is 23.3 Å². The maximum atomic E-state index is 13.1. The zero-order valence-electron chi connectivity index (χ0n) is 21.0. The highest BCUT2D eigenvalue weighted by molar-refractivity contribution is 6.40. The fourth-order valence-corrected chi connectivity index (χ4v) is 4.37. The lowest BCUT2D eigenvalue weighted by atomic mass is 10.1. The average Bonchev–Trinajstić information content (AvgIpc) is 2.88. The average molecular weight is 583 g/mol. The first-order valence-electron chi connectivity index (χ1n) is 11.6. The minimum absolute atomic E-state index is 0.00591. The lowest BCUT2D eigenvalue weighted by Gasteiger charge is -2.26. The summed E-state index contributed by atoms with van der Waals surface area (Å²) >= 11 is 12.6. The smallest absolute Gasteiger partial charge is 0.335 e. The minimum Gasteiger partial charge on any atom is -0.481 e. The van der Waals surface area contributed by atoms with Crippen molar-refractivity contribution in [3.63, 3.8) is 0 Å². The van der Waals surface area contributed by atoms with Gasteiger partial charge in [-0.25, -0.2) is 9.69 Å². The van der Waals surface area contributed by atoms with Gasteiger partial charge in [-0.3, -0.25) is 29.8 Å². The van der Waals surface area contributed by atoms with Crippen LogP contribution in [0.5, 0.6) is 5.75 Å². The molecule has 0 atom stereocenters. The van der Waals surface area contributed by atoms with Crippen LogP contribution in [0, 0.1) is 24.0 Å². The second-order valence-corrected chi connectivity index (χ2v) is 9.50. The van der Waals surface area contributed by atoms with E-state index < -0.39 is 40.9 Å². The van der Waals surface area contributed by atoms with Crippen LogP contribution in [0.25, 0.3) is 6.08 Å². The Morgan fingerprint density at radius 1 is 1.05 bits per heavy atom. The molecule has 0 aromatic heterocycles. The van der Waals surface area contributed by atoms with Crippen molar-refractivity contribution in [1.29, 1.82) is 0 Å². The fraction of sp³-hybridized carbons (Fsp3) is 0.111. The second-order valence-electron chi connectivity index (χ2n) is 8.68. The molecule has 3 aromatic carbocycles. The molecule has 13 heteroatoms. The van der Waals surface area contributed by atoms with E-state index in [0.29, 0.717) is 10.6 Å². The maximum Gasteiger partial charge on any atom is 0.335 e. The van der Waals surface area contributed by atoms with Crippen LogP contribution in [0.1, 0.15) is 16.7 Å². The Morgan fingerprint density at radius 2 is 1.75 bits per heavy atom. The summed E-state index contributed by atoms with van der Waals surface area (Å²) in [6.07, 6.45) is 1.16. The zero-order chi connectivity index (χ0) is 29.1. The lowest BCUT2D eigenvalue weighted by molar-refractivity contribution is -0.384. The van der Waals surface area contributed by atoms with Crippen LogP contribution in [0.15, 0.2) is 60.2 Å². The molecule has 5 amide bonds. The molecule has 1 aliphatic rings. The molecule has 11 nitrogen and oxygen atoms in total. The standard InChI is InChI=1S/C27H20Cl2N4O7/c1-14-6-7-17(8-15(14)2)30-23(34)13-40-24-21(28)10-16(11-22(24)29)9-20-25(35)31-27(37)32(26(20)36)18-4-3-5-19(12-18)33(38)39/h3-12H,13H2,1-2H3,(H,30,34)(H,31,35,37)/b20-9-. The van der Waals surface area contributed by atoms with E-state index in [1.54, 1.807) is 6.07 Å². The van der Waals surface area contributed by atoms with Gasteiger partial charge < -0.3 is 10.1 Å². The van der Waals surface area contributed by atoms with E-state index in [1.165, 1.54) is 30.3 Å². The van der Waals surface area contributed by atoms with Gasteiger partial charge in [0, 0.05) is 17.8 Å². The third kappa shape index (κ3) is 6.11. The number of halogens is 2. The Hall–Kier alpha value is -4.74. The number of imide groups is 2. The van der Waals surface area contributed by atoms with Crippen molar-refractivity contribution in [3.8, 4) is 5.75 Å². The molecule has 0 saturated carbocycles. The van der Waals surface area contributed by atoms with Gasteiger partial charge in [-0.2, -0.15) is 0 Å². The van der Waals surface area contributed by atoms with E-state index in [4.69, 9.17) is 27.9 Å². The molecule has 0 spiro atoms. The molecule has 1 fully saturated rings. The van der Waals surface area contributed by atoms with E-state index in [9.17, 15) is 29.3 Å². The number of benzene rings is 3. The third-order valence-corrected chi connectivity index (χ3v) is 6.43. The van der Waals surface area contributed by atoms with Crippen molar-refractivity contribution in [2.75, 3.05) is 16.8 Å². The summed E-state index contributed by atoms with van der Waals surface area (Å²) in [6, 6.07) is 11.9. The van der Waals surface area contributed by atoms with Gasteiger partial charge >= 0.3 is 6.03 Å². The largest absolute Gasteiger partial charge is 0.481 e. The van der Waals surface area contributed by atoms with Gasteiger partial charge in [-0.1, -0.05) is 35.3 Å². The van der Waals surface area contributed by atoms with Crippen molar-refractivity contribution in [3.05, 3.63) is 97.0 Å². The van der Waals surface area contributed by atoms with Gasteiger partial charge in [0.2, 0.25) is 0 Å². The van der Waals surface area contributed by atoms with Crippen LogP contribution in [-0.4, -0.2) is 35.3 Å². The molecule has 0 aliphatic carbocycles. The van der Waals surface area contributed by atoms with E-state index in [1.807, 2.05) is 31.3 Å². The Labute approximate surface area is 237 Å². The first kappa shape index (κ1) is 28.3. The number of non-ortho nitro benzene ring substituents is 1. The number of hydrogen-bond donors (Lipinski definition) is 2. The van der Waals surface area contributed by atoms with E-state index in [2.05, 4.69) is 5.32 Å². The Bertz CT molecular complexity index is 1600. The fourth-order valence-electron chi connectivity index (χ4n) is 3.76. The summed E-state index contributed by atoms with van der Waals surface area (Å²) in [4.78, 5) is 61.4. The number of aryl methyl sites for hydroxylation is 2. The van der Waals surface area contributed by atoms with Crippen LogP contribution in [-0.2, 0) is 14.4 Å². The van der Waals surface area contributed by atoms with E-state index in [-0.39, 0.29) is 32.7 Å². The van der Waals surface area contributed by atoms with Crippen molar-refractivity contribution >= 4 is 70.1 Å². The summed E-state index contributed by atoms with van der Waals surface area (Å²) in [7, 11) is 0. The summed E-state index contributed by atoms with van der Waals surface area (Å²) in [5.74, 6) is -2.43. The molecular weight excluding hydrogens is 563 g/mol. The quantitative estimate of drug-likeness (QED) is 0.168.